The second-order valence-electron chi connectivity index (χ2n) is 6.97. The molecule has 0 saturated carbocycles. The minimum Gasteiger partial charge on any atom is -0.456 e. The van der Waals surface area contributed by atoms with Gasteiger partial charge in [0.15, 0.2) is 5.76 Å². The Morgan fingerprint density at radius 2 is 2.23 bits per heavy atom. The summed E-state index contributed by atoms with van der Waals surface area (Å²) in [6, 6.07) is 9.03. The molecule has 136 valence electrons. The first-order chi connectivity index (χ1) is 12.6. The van der Waals surface area contributed by atoms with Crippen LogP contribution in [0.25, 0.3) is 0 Å². The van der Waals surface area contributed by atoms with E-state index < -0.39 is 5.41 Å². The molecular formula is C19H21N3O4. The lowest BCUT2D eigenvalue weighted by molar-refractivity contribution is -0.131. The maximum atomic E-state index is 13.0. The van der Waals surface area contributed by atoms with E-state index in [1.165, 1.54) is 0 Å². The van der Waals surface area contributed by atoms with Crippen LogP contribution in [0.15, 0.2) is 40.9 Å². The second kappa shape index (κ2) is 6.57. The molecule has 7 nitrogen and oxygen atoms in total. The number of rotatable bonds is 4. The molecule has 0 aliphatic carbocycles. The van der Waals surface area contributed by atoms with Crippen LogP contribution in [0.3, 0.4) is 0 Å². The summed E-state index contributed by atoms with van der Waals surface area (Å²) in [6.45, 7) is 3.81. The van der Waals surface area contributed by atoms with E-state index >= 15 is 0 Å². The van der Waals surface area contributed by atoms with Crippen molar-refractivity contribution in [2.75, 3.05) is 26.3 Å². The molecule has 4 heterocycles. The molecule has 0 aromatic carbocycles. The molecule has 0 unspecified atom stereocenters. The zero-order valence-electron chi connectivity index (χ0n) is 14.6. The summed E-state index contributed by atoms with van der Waals surface area (Å²) in [6.07, 6.45) is 1.70. The average Bonchev–Trinajstić information content (AvgIpc) is 3.34. The van der Waals surface area contributed by atoms with Crippen molar-refractivity contribution in [2.45, 2.75) is 13.5 Å². The van der Waals surface area contributed by atoms with Gasteiger partial charge in [0, 0.05) is 25.2 Å². The van der Waals surface area contributed by atoms with Crippen molar-refractivity contribution in [3.63, 3.8) is 0 Å². The first kappa shape index (κ1) is 16.8. The van der Waals surface area contributed by atoms with Gasteiger partial charge in [-0.1, -0.05) is 6.07 Å². The van der Waals surface area contributed by atoms with Crippen LogP contribution in [-0.4, -0.2) is 48.0 Å². The monoisotopic (exact) mass is 355 g/mol. The normalized spacial score (nSPS) is 24.5. The van der Waals surface area contributed by atoms with Crippen LogP contribution in [0, 0.1) is 18.3 Å². The van der Waals surface area contributed by atoms with Gasteiger partial charge >= 0.3 is 0 Å². The Kier molecular flexibility index (Phi) is 4.24. The van der Waals surface area contributed by atoms with Gasteiger partial charge in [0.25, 0.3) is 5.91 Å². The van der Waals surface area contributed by atoms with E-state index in [9.17, 15) is 9.59 Å². The molecule has 0 radical (unpaired) electrons. The number of aromatic nitrogens is 1. The summed E-state index contributed by atoms with van der Waals surface area (Å²) < 4.78 is 11.0. The summed E-state index contributed by atoms with van der Waals surface area (Å²) in [4.78, 5) is 31.6. The van der Waals surface area contributed by atoms with Gasteiger partial charge in [-0.05, 0) is 31.2 Å². The number of carbonyl (C=O) groups is 2. The third-order valence-electron chi connectivity index (χ3n) is 5.22. The SMILES string of the molecule is Cc1ccc(C(=O)N2C[C@@H]3COC[C@]3(C(=O)NCc3ccccn3)C2)o1. The number of pyridine rings is 1. The standard InChI is InChI=1S/C19H21N3O4/c1-13-5-6-16(26-13)17(23)22-9-14-10-25-12-19(14,11-22)18(24)21-8-15-4-2-3-7-20-15/h2-7,14H,8-12H2,1H3,(H,21,24)/t14-,19-/m1/s1. The van der Waals surface area contributed by atoms with Gasteiger partial charge in [-0.15, -0.1) is 0 Å². The van der Waals surface area contributed by atoms with Crippen LogP contribution in [0.4, 0.5) is 0 Å². The van der Waals surface area contributed by atoms with E-state index in [2.05, 4.69) is 10.3 Å². The second-order valence-corrected chi connectivity index (χ2v) is 6.97. The molecular weight excluding hydrogens is 334 g/mol. The fraction of sp³-hybridized carbons (Fsp3) is 0.421. The number of likely N-dealkylation sites (tertiary alicyclic amines) is 1. The van der Waals surface area contributed by atoms with Crippen molar-refractivity contribution < 1.29 is 18.7 Å². The van der Waals surface area contributed by atoms with Crippen molar-refractivity contribution >= 4 is 11.8 Å². The third-order valence-corrected chi connectivity index (χ3v) is 5.22. The molecule has 0 spiro atoms. The number of ether oxygens (including phenoxy) is 1. The molecule has 4 rings (SSSR count). The number of amides is 2. The van der Waals surface area contributed by atoms with E-state index in [-0.39, 0.29) is 17.7 Å². The Bertz CT molecular complexity index is 819. The molecule has 2 aromatic rings. The number of nitrogens with one attached hydrogen (secondary N) is 1. The summed E-state index contributed by atoms with van der Waals surface area (Å²) in [5, 5.41) is 2.96. The van der Waals surface area contributed by atoms with Gasteiger partial charge in [-0.25, -0.2) is 0 Å². The van der Waals surface area contributed by atoms with Gasteiger partial charge < -0.3 is 19.4 Å². The average molecular weight is 355 g/mol. The molecule has 2 aliphatic rings. The highest BCUT2D eigenvalue weighted by molar-refractivity contribution is 5.93. The van der Waals surface area contributed by atoms with Crippen molar-refractivity contribution in [3.05, 3.63) is 53.7 Å². The fourth-order valence-electron chi connectivity index (χ4n) is 3.77. The molecule has 2 amide bonds. The van der Waals surface area contributed by atoms with Crippen molar-refractivity contribution in [3.8, 4) is 0 Å². The van der Waals surface area contributed by atoms with Gasteiger partial charge in [-0.3, -0.25) is 14.6 Å². The van der Waals surface area contributed by atoms with E-state index in [1.807, 2.05) is 18.2 Å². The summed E-state index contributed by atoms with van der Waals surface area (Å²) in [5.41, 5.74) is 0.0937. The molecule has 1 N–H and O–H groups in total. The Morgan fingerprint density at radius 1 is 1.35 bits per heavy atom. The Morgan fingerprint density at radius 3 is 2.96 bits per heavy atom. The van der Waals surface area contributed by atoms with Crippen LogP contribution in [0.5, 0.6) is 0 Å². The zero-order chi connectivity index (χ0) is 18.1. The highest BCUT2D eigenvalue weighted by atomic mass is 16.5. The lowest BCUT2D eigenvalue weighted by Crippen LogP contribution is -2.46. The van der Waals surface area contributed by atoms with Crippen molar-refractivity contribution in [1.29, 1.82) is 0 Å². The summed E-state index contributed by atoms with van der Waals surface area (Å²) in [7, 11) is 0. The minimum atomic E-state index is -0.702. The number of fused-ring (bicyclic) bond motifs is 1. The first-order valence-corrected chi connectivity index (χ1v) is 8.70. The van der Waals surface area contributed by atoms with Crippen LogP contribution in [-0.2, 0) is 16.1 Å². The van der Waals surface area contributed by atoms with Crippen LogP contribution in [0.2, 0.25) is 0 Å². The van der Waals surface area contributed by atoms with Crippen molar-refractivity contribution in [2.24, 2.45) is 11.3 Å². The summed E-state index contributed by atoms with van der Waals surface area (Å²) in [5.74, 6) is 0.735. The molecule has 2 aromatic heterocycles. The Labute approximate surface area is 151 Å². The lowest BCUT2D eigenvalue weighted by Gasteiger charge is -2.25. The molecule has 7 heteroatoms. The summed E-state index contributed by atoms with van der Waals surface area (Å²) >= 11 is 0. The quantitative estimate of drug-likeness (QED) is 0.896. The lowest BCUT2D eigenvalue weighted by atomic mass is 9.80. The molecule has 26 heavy (non-hydrogen) atoms. The largest absolute Gasteiger partial charge is 0.456 e. The van der Waals surface area contributed by atoms with Gasteiger partial charge in [0.05, 0.1) is 30.9 Å². The highest BCUT2D eigenvalue weighted by Crippen LogP contribution is 2.42. The number of hydrogen-bond acceptors (Lipinski definition) is 5. The van der Waals surface area contributed by atoms with Crippen LogP contribution in [0.1, 0.15) is 22.0 Å². The number of aryl methyl sites for hydroxylation is 1. The molecule has 2 aliphatic heterocycles. The molecule has 2 fully saturated rings. The minimum absolute atomic E-state index is 0.00811. The predicted molar refractivity (Wildman–Crippen MR) is 92.2 cm³/mol. The zero-order valence-corrected chi connectivity index (χ0v) is 14.6. The topological polar surface area (TPSA) is 84.7 Å². The molecule has 2 saturated heterocycles. The Hall–Kier alpha value is -2.67. The first-order valence-electron chi connectivity index (χ1n) is 8.70. The van der Waals surface area contributed by atoms with Gasteiger partial charge in [0.2, 0.25) is 5.91 Å². The third kappa shape index (κ3) is 2.88. The van der Waals surface area contributed by atoms with Gasteiger partial charge in [-0.2, -0.15) is 0 Å². The van der Waals surface area contributed by atoms with E-state index in [0.29, 0.717) is 44.4 Å². The van der Waals surface area contributed by atoms with E-state index in [1.54, 1.807) is 30.2 Å². The van der Waals surface area contributed by atoms with E-state index in [0.717, 1.165) is 5.69 Å². The van der Waals surface area contributed by atoms with Crippen LogP contribution < -0.4 is 5.32 Å². The van der Waals surface area contributed by atoms with Crippen molar-refractivity contribution in [1.82, 2.24) is 15.2 Å². The number of furan rings is 1. The maximum Gasteiger partial charge on any atom is 0.289 e. The predicted octanol–water partition coefficient (Wildman–Crippen LogP) is 1.39. The fourth-order valence-corrected chi connectivity index (χ4v) is 3.77. The maximum absolute atomic E-state index is 13.0. The van der Waals surface area contributed by atoms with E-state index in [4.69, 9.17) is 9.15 Å². The molecule has 2 atom stereocenters. The number of hydrogen-bond donors (Lipinski definition) is 1. The number of carbonyl (C=O) groups excluding carboxylic acids is 2. The van der Waals surface area contributed by atoms with Gasteiger partial charge in [0.1, 0.15) is 5.76 Å². The smallest absolute Gasteiger partial charge is 0.289 e. The number of nitrogens with zero attached hydrogens (tertiary/aromatic N) is 2. The Balaban J connectivity index is 1.47. The van der Waals surface area contributed by atoms with Crippen LogP contribution >= 0.6 is 0 Å². The highest BCUT2D eigenvalue weighted by Gasteiger charge is 2.56. The molecule has 0 bridgehead atoms.